The largest absolute Gasteiger partial charge is 0.454 e. The van der Waals surface area contributed by atoms with Gasteiger partial charge in [-0.1, -0.05) is 20.8 Å². The monoisotopic (exact) mass is 479 g/mol. The molecule has 1 aromatic rings. The molecule has 4 nitrogen and oxygen atoms in total. The number of alkyl halides is 3. The van der Waals surface area contributed by atoms with Crippen molar-refractivity contribution < 1.29 is 27.5 Å². The Labute approximate surface area is 152 Å². The van der Waals surface area contributed by atoms with Gasteiger partial charge in [-0.2, -0.15) is 13.2 Å². The molecule has 0 bridgehead atoms. The number of hydrogen-bond donors (Lipinski definition) is 1. The van der Waals surface area contributed by atoms with E-state index in [1.165, 1.54) is 0 Å². The average Bonchev–Trinajstić information content (AvgIpc) is 2.71. The maximum atomic E-state index is 12.2. The van der Waals surface area contributed by atoms with E-state index in [2.05, 4.69) is 41.9 Å². The van der Waals surface area contributed by atoms with Crippen LogP contribution >= 0.6 is 43.2 Å². The molecule has 0 radical (unpaired) electrons. The van der Waals surface area contributed by atoms with Crippen LogP contribution in [0.3, 0.4) is 0 Å². The smallest absolute Gasteiger partial charge is 0.422 e. The molecule has 0 aliphatic rings. The molecular weight excluding hydrogens is 467 g/mol. The Bertz CT molecular complexity index is 577. The number of carbonyl (C=O) groups is 2. The van der Waals surface area contributed by atoms with Gasteiger partial charge in [0.25, 0.3) is 5.91 Å². The number of hydrogen-bond acceptors (Lipinski definition) is 4. The summed E-state index contributed by atoms with van der Waals surface area (Å²) in [7, 11) is 0. The van der Waals surface area contributed by atoms with Crippen molar-refractivity contribution in [2.75, 3.05) is 6.61 Å². The summed E-state index contributed by atoms with van der Waals surface area (Å²) >= 11 is 7.60. The highest BCUT2D eigenvalue weighted by atomic mass is 79.9. The van der Waals surface area contributed by atoms with Gasteiger partial charge in [0.05, 0.1) is 8.66 Å². The van der Waals surface area contributed by atoms with Gasteiger partial charge in [0, 0.05) is 4.47 Å². The Morgan fingerprint density at radius 3 is 2.26 bits per heavy atom. The van der Waals surface area contributed by atoms with E-state index < -0.39 is 36.1 Å². The van der Waals surface area contributed by atoms with Gasteiger partial charge in [0.1, 0.15) is 6.04 Å². The van der Waals surface area contributed by atoms with E-state index in [0.717, 1.165) is 11.3 Å². The first-order valence-electron chi connectivity index (χ1n) is 6.30. The van der Waals surface area contributed by atoms with Crippen molar-refractivity contribution in [3.05, 3.63) is 19.2 Å². The van der Waals surface area contributed by atoms with Gasteiger partial charge in [-0.3, -0.25) is 4.79 Å². The van der Waals surface area contributed by atoms with Crippen molar-refractivity contribution in [2.45, 2.75) is 33.0 Å². The molecular formula is C13H14Br2F3NO3S. The topological polar surface area (TPSA) is 55.4 Å². The minimum absolute atomic E-state index is 0.307. The molecule has 0 saturated carbocycles. The van der Waals surface area contributed by atoms with Crippen molar-refractivity contribution in [2.24, 2.45) is 5.41 Å². The molecule has 10 heteroatoms. The van der Waals surface area contributed by atoms with Gasteiger partial charge in [0.2, 0.25) is 0 Å². The lowest BCUT2D eigenvalue weighted by Crippen LogP contribution is -2.50. The van der Waals surface area contributed by atoms with Crippen LogP contribution in [-0.2, 0) is 9.53 Å². The van der Waals surface area contributed by atoms with E-state index in [4.69, 9.17) is 0 Å². The first-order chi connectivity index (χ1) is 10.3. The lowest BCUT2D eigenvalue weighted by molar-refractivity contribution is -0.189. The highest BCUT2D eigenvalue weighted by Gasteiger charge is 2.37. The number of ether oxygens (including phenoxy) is 1. The van der Waals surface area contributed by atoms with Crippen molar-refractivity contribution in [3.8, 4) is 0 Å². The lowest BCUT2D eigenvalue weighted by Gasteiger charge is -2.29. The van der Waals surface area contributed by atoms with Crippen LogP contribution in [0.4, 0.5) is 13.2 Å². The Morgan fingerprint density at radius 1 is 1.30 bits per heavy atom. The molecule has 1 N–H and O–H groups in total. The predicted octanol–water partition coefficient (Wildman–Crippen LogP) is 4.52. The van der Waals surface area contributed by atoms with Crippen molar-refractivity contribution in [3.63, 3.8) is 0 Å². The third-order valence-corrected chi connectivity index (χ3v) is 5.88. The van der Waals surface area contributed by atoms with Gasteiger partial charge in [-0.25, -0.2) is 4.79 Å². The number of thiophene rings is 1. The molecule has 0 aromatic carbocycles. The fourth-order valence-corrected chi connectivity index (χ4v) is 3.46. The second-order valence-electron chi connectivity index (χ2n) is 5.73. The van der Waals surface area contributed by atoms with Gasteiger partial charge in [0.15, 0.2) is 6.61 Å². The summed E-state index contributed by atoms with van der Waals surface area (Å²) in [5.74, 6) is -1.69. The van der Waals surface area contributed by atoms with Crippen LogP contribution in [0.1, 0.15) is 30.4 Å². The second kappa shape index (κ2) is 7.52. The molecule has 0 unspecified atom stereocenters. The highest BCUT2D eigenvalue weighted by Crippen LogP contribution is 2.32. The maximum Gasteiger partial charge on any atom is 0.422 e. The minimum Gasteiger partial charge on any atom is -0.454 e. The lowest BCUT2D eigenvalue weighted by atomic mass is 9.86. The molecule has 0 aliphatic heterocycles. The third kappa shape index (κ3) is 6.42. The number of esters is 1. The molecule has 1 amide bonds. The highest BCUT2D eigenvalue weighted by molar-refractivity contribution is 9.13. The molecule has 0 saturated heterocycles. The van der Waals surface area contributed by atoms with E-state index in [1.807, 2.05) is 0 Å². The van der Waals surface area contributed by atoms with Crippen LogP contribution in [0.2, 0.25) is 0 Å². The molecule has 23 heavy (non-hydrogen) atoms. The molecule has 130 valence electrons. The SMILES string of the molecule is CC(C)(C)[C@H](NC(=O)c1cc(Br)c(Br)s1)C(=O)OCC(F)(F)F. The molecule has 1 heterocycles. The standard InChI is InChI=1S/C13H14Br2F3NO3S/c1-12(2,3)8(11(21)22-5-13(16,17)18)19-10(20)7-4-6(14)9(15)23-7/h4,8H,5H2,1-3H3,(H,19,20)/t8-/m1/s1. The third-order valence-electron chi connectivity index (χ3n) is 2.62. The number of rotatable bonds is 4. The van der Waals surface area contributed by atoms with E-state index in [1.54, 1.807) is 26.8 Å². The Balaban J connectivity index is 2.87. The number of carbonyl (C=O) groups excluding carboxylic acids is 2. The fourth-order valence-electron chi connectivity index (χ4n) is 1.53. The normalized spacial score (nSPS) is 13.6. The summed E-state index contributed by atoms with van der Waals surface area (Å²) in [6, 6.07) is 0.335. The van der Waals surface area contributed by atoms with E-state index in [0.29, 0.717) is 13.1 Å². The minimum atomic E-state index is -4.62. The molecule has 1 aromatic heterocycles. The number of amides is 1. The van der Waals surface area contributed by atoms with E-state index in [-0.39, 0.29) is 0 Å². The van der Waals surface area contributed by atoms with Crippen LogP contribution in [0.5, 0.6) is 0 Å². The summed E-state index contributed by atoms with van der Waals surface area (Å²) < 4.78 is 42.2. The van der Waals surface area contributed by atoms with Gasteiger partial charge < -0.3 is 10.1 Å². The molecule has 1 rings (SSSR count). The van der Waals surface area contributed by atoms with Crippen LogP contribution < -0.4 is 5.32 Å². The molecule has 0 aliphatic carbocycles. The maximum absolute atomic E-state index is 12.2. The molecule has 0 spiro atoms. The van der Waals surface area contributed by atoms with E-state index >= 15 is 0 Å². The summed E-state index contributed by atoms with van der Waals surface area (Å²) in [5.41, 5.74) is -0.815. The van der Waals surface area contributed by atoms with Gasteiger partial charge in [-0.15, -0.1) is 11.3 Å². The van der Waals surface area contributed by atoms with Crippen molar-refractivity contribution in [1.82, 2.24) is 5.32 Å². The quantitative estimate of drug-likeness (QED) is 0.644. The second-order valence-corrected chi connectivity index (χ2v) is 8.95. The predicted molar refractivity (Wildman–Crippen MR) is 87.4 cm³/mol. The van der Waals surface area contributed by atoms with Crippen LogP contribution in [0.15, 0.2) is 14.3 Å². The Kier molecular flexibility index (Phi) is 6.68. The van der Waals surface area contributed by atoms with Gasteiger partial charge >= 0.3 is 12.1 Å². The zero-order chi connectivity index (χ0) is 18.0. The summed E-state index contributed by atoms with van der Waals surface area (Å²) in [5, 5.41) is 2.44. The fraction of sp³-hybridized carbons (Fsp3) is 0.538. The first kappa shape index (κ1) is 20.4. The summed E-state index contributed by atoms with van der Waals surface area (Å²) in [4.78, 5) is 24.4. The Morgan fingerprint density at radius 2 is 1.87 bits per heavy atom. The van der Waals surface area contributed by atoms with Crippen LogP contribution in [0, 0.1) is 5.41 Å². The van der Waals surface area contributed by atoms with Gasteiger partial charge in [-0.05, 0) is 43.3 Å². The summed E-state index contributed by atoms with van der Waals surface area (Å²) in [6.07, 6.45) is -4.62. The van der Waals surface area contributed by atoms with Crippen molar-refractivity contribution >= 4 is 55.1 Å². The number of halogens is 5. The zero-order valence-corrected chi connectivity index (χ0v) is 16.4. The molecule has 1 atom stereocenters. The first-order valence-corrected chi connectivity index (χ1v) is 8.70. The van der Waals surface area contributed by atoms with Crippen LogP contribution in [0.25, 0.3) is 0 Å². The molecule has 0 fully saturated rings. The summed E-state index contributed by atoms with van der Waals surface area (Å²) in [6.45, 7) is 3.16. The average molecular weight is 481 g/mol. The van der Waals surface area contributed by atoms with Crippen molar-refractivity contribution in [1.29, 1.82) is 0 Å². The zero-order valence-electron chi connectivity index (χ0n) is 12.4. The Hall–Kier alpha value is -0.610. The number of nitrogens with one attached hydrogen (secondary N) is 1. The van der Waals surface area contributed by atoms with Crippen LogP contribution in [-0.4, -0.2) is 30.7 Å². The van der Waals surface area contributed by atoms with E-state index in [9.17, 15) is 22.8 Å².